The summed E-state index contributed by atoms with van der Waals surface area (Å²) < 4.78 is 37.7. The summed E-state index contributed by atoms with van der Waals surface area (Å²) in [4.78, 5) is 5.64. The van der Waals surface area contributed by atoms with E-state index in [4.69, 9.17) is 0 Å². The fourth-order valence-corrected chi connectivity index (χ4v) is 2.84. The van der Waals surface area contributed by atoms with Gasteiger partial charge in [-0.1, -0.05) is 22.0 Å². The van der Waals surface area contributed by atoms with E-state index >= 15 is 0 Å². The lowest BCUT2D eigenvalue weighted by Crippen LogP contribution is -2.22. The van der Waals surface area contributed by atoms with Crippen molar-refractivity contribution in [3.05, 3.63) is 23.9 Å². The Kier molecular flexibility index (Phi) is 4.14. The first kappa shape index (κ1) is 13.6. The van der Waals surface area contributed by atoms with Crippen molar-refractivity contribution in [3.8, 4) is 0 Å². The van der Waals surface area contributed by atoms with Crippen LogP contribution in [-0.2, 0) is 6.18 Å². The summed E-state index contributed by atoms with van der Waals surface area (Å²) in [7, 11) is 0. The van der Waals surface area contributed by atoms with E-state index in [1.54, 1.807) is 6.07 Å². The van der Waals surface area contributed by atoms with Crippen molar-refractivity contribution in [2.75, 3.05) is 23.3 Å². The van der Waals surface area contributed by atoms with Crippen LogP contribution in [0.2, 0.25) is 0 Å². The Labute approximate surface area is 112 Å². The van der Waals surface area contributed by atoms with E-state index in [1.165, 1.54) is 6.07 Å². The van der Waals surface area contributed by atoms with Gasteiger partial charge in [0, 0.05) is 18.4 Å². The average Bonchev–Trinajstić information content (AvgIpc) is 2.77. The van der Waals surface area contributed by atoms with Gasteiger partial charge in [0.05, 0.1) is 0 Å². The third-order valence-corrected chi connectivity index (χ3v) is 3.61. The second kappa shape index (κ2) is 5.47. The van der Waals surface area contributed by atoms with Gasteiger partial charge in [-0.3, -0.25) is 0 Å². The lowest BCUT2D eigenvalue weighted by molar-refractivity contribution is -0.141. The SMILES string of the molecule is FC(F)(F)c1cccc(N2CCC(CCBr)C2)n1. The number of rotatable bonds is 3. The van der Waals surface area contributed by atoms with Crippen LogP contribution in [0.1, 0.15) is 18.5 Å². The molecule has 1 aromatic heterocycles. The summed E-state index contributed by atoms with van der Waals surface area (Å²) in [6, 6.07) is 4.07. The Bertz CT molecular complexity index is 409. The number of halogens is 4. The first-order chi connectivity index (χ1) is 8.50. The second-order valence-electron chi connectivity index (χ2n) is 4.46. The molecule has 0 N–H and O–H groups in total. The Morgan fingerprint density at radius 2 is 2.17 bits per heavy atom. The molecule has 1 unspecified atom stereocenters. The number of anilines is 1. The van der Waals surface area contributed by atoms with Crippen molar-refractivity contribution in [3.63, 3.8) is 0 Å². The Morgan fingerprint density at radius 3 is 2.83 bits per heavy atom. The van der Waals surface area contributed by atoms with Gasteiger partial charge in [0.2, 0.25) is 0 Å². The molecule has 1 atom stereocenters. The van der Waals surface area contributed by atoms with Gasteiger partial charge in [-0.25, -0.2) is 4.98 Å². The number of aromatic nitrogens is 1. The molecule has 0 aliphatic carbocycles. The molecule has 1 aromatic rings. The maximum absolute atomic E-state index is 12.6. The Balaban J connectivity index is 2.10. The Hall–Kier alpha value is -0.780. The molecule has 0 spiro atoms. The van der Waals surface area contributed by atoms with Crippen LogP contribution in [0.5, 0.6) is 0 Å². The van der Waals surface area contributed by atoms with Crippen LogP contribution in [0.4, 0.5) is 19.0 Å². The molecule has 0 bridgehead atoms. The van der Waals surface area contributed by atoms with Gasteiger partial charge in [-0.2, -0.15) is 13.2 Å². The minimum absolute atomic E-state index is 0.432. The maximum atomic E-state index is 12.6. The van der Waals surface area contributed by atoms with E-state index in [0.717, 1.165) is 37.3 Å². The fourth-order valence-electron chi connectivity index (χ4n) is 2.19. The van der Waals surface area contributed by atoms with Crippen molar-refractivity contribution in [1.29, 1.82) is 0 Å². The molecule has 1 aliphatic heterocycles. The van der Waals surface area contributed by atoms with Gasteiger partial charge < -0.3 is 4.90 Å². The molecule has 1 fully saturated rings. The predicted octanol–water partition coefficient (Wildman–Crippen LogP) is 3.71. The highest BCUT2D eigenvalue weighted by Crippen LogP contribution is 2.30. The molecular formula is C12H14BrF3N2. The number of nitrogens with zero attached hydrogens (tertiary/aromatic N) is 2. The van der Waals surface area contributed by atoms with Crippen LogP contribution in [0.15, 0.2) is 18.2 Å². The standard InChI is InChI=1S/C12H14BrF3N2/c13-6-4-9-5-7-18(8-9)11-3-1-2-10(17-11)12(14,15)16/h1-3,9H,4-8H2. The summed E-state index contributed by atoms with van der Waals surface area (Å²) in [6.07, 6.45) is -2.30. The third-order valence-electron chi connectivity index (χ3n) is 3.15. The topological polar surface area (TPSA) is 16.1 Å². The van der Waals surface area contributed by atoms with Gasteiger partial charge >= 0.3 is 6.18 Å². The number of hydrogen-bond acceptors (Lipinski definition) is 2. The molecule has 6 heteroatoms. The third kappa shape index (κ3) is 3.16. The Morgan fingerprint density at radius 1 is 1.39 bits per heavy atom. The summed E-state index contributed by atoms with van der Waals surface area (Å²) >= 11 is 3.39. The van der Waals surface area contributed by atoms with Crippen molar-refractivity contribution in [2.24, 2.45) is 5.92 Å². The van der Waals surface area contributed by atoms with E-state index in [1.807, 2.05) is 4.90 Å². The van der Waals surface area contributed by atoms with Gasteiger partial charge in [0.25, 0.3) is 0 Å². The summed E-state index contributed by atoms with van der Waals surface area (Å²) in [5, 5.41) is 0.932. The monoisotopic (exact) mass is 322 g/mol. The zero-order valence-electron chi connectivity index (χ0n) is 9.75. The molecule has 100 valence electrons. The smallest absolute Gasteiger partial charge is 0.356 e. The van der Waals surface area contributed by atoms with E-state index in [0.29, 0.717) is 11.7 Å². The summed E-state index contributed by atoms with van der Waals surface area (Å²) in [6.45, 7) is 1.58. The van der Waals surface area contributed by atoms with Crippen molar-refractivity contribution in [2.45, 2.75) is 19.0 Å². The molecule has 0 amide bonds. The van der Waals surface area contributed by atoms with Gasteiger partial charge in [-0.15, -0.1) is 0 Å². The number of pyridine rings is 1. The summed E-state index contributed by atoms with van der Waals surface area (Å²) in [5.41, 5.74) is -0.816. The highest BCUT2D eigenvalue weighted by atomic mass is 79.9. The molecule has 2 heterocycles. The zero-order valence-corrected chi connectivity index (χ0v) is 11.3. The van der Waals surface area contributed by atoms with Gasteiger partial charge in [0.15, 0.2) is 0 Å². The average molecular weight is 323 g/mol. The predicted molar refractivity (Wildman–Crippen MR) is 68.0 cm³/mol. The van der Waals surface area contributed by atoms with Crippen LogP contribution in [0.3, 0.4) is 0 Å². The summed E-state index contributed by atoms with van der Waals surface area (Å²) in [5.74, 6) is 0.975. The number of alkyl halides is 4. The molecule has 18 heavy (non-hydrogen) atoms. The van der Waals surface area contributed by atoms with Crippen LogP contribution in [0, 0.1) is 5.92 Å². The van der Waals surface area contributed by atoms with E-state index in [9.17, 15) is 13.2 Å². The molecule has 2 rings (SSSR count). The van der Waals surface area contributed by atoms with E-state index in [-0.39, 0.29) is 0 Å². The number of hydrogen-bond donors (Lipinski definition) is 0. The van der Waals surface area contributed by atoms with Crippen LogP contribution < -0.4 is 4.90 Å². The van der Waals surface area contributed by atoms with E-state index in [2.05, 4.69) is 20.9 Å². The molecule has 0 saturated carbocycles. The van der Waals surface area contributed by atoms with Crippen molar-refractivity contribution >= 4 is 21.7 Å². The first-order valence-electron chi connectivity index (χ1n) is 5.86. The zero-order chi connectivity index (χ0) is 13.2. The molecule has 1 aliphatic rings. The minimum Gasteiger partial charge on any atom is -0.356 e. The molecule has 1 saturated heterocycles. The van der Waals surface area contributed by atoms with Crippen molar-refractivity contribution in [1.82, 2.24) is 4.98 Å². The quantitative estimate of drug-likeness (QED) is 0.789. The molecule has 2 nitrogen and oxygen atoms in total. The lowest BCUT2D eigenvalue weighted by atomic mass is 10.1. The molecule has 0 aromatic carbocycles. The largest absolute Gasteiger partial charge is 0.433 e. The fraction of sp³-hybridized carbons (Fsp3) is 0.583. The highest BCUT2D eigenvalue weighted by molar-refractivity contribution is 9.09. The van der Waals surface area contributed by atoms with Gasteiger partial charge in [-0.05, 0) is 30.9 Å². The lowest BCUT2D eigenvalue weighted by Gasteiger charge is -2.18. The highest BCUT2D eigenvalue weighted by Gasteiger charge is 2.33. The first-order valence-corrected chi connectivity index (χ1v) is 6.98. The van der Waals surface area contributed by atoms with Crippen LogP contribution in [-0.4, -0.2) is 23.4 Å². The minimum atomic E-state index is -4.37. The van der Waals surface area contributed by atoms with Gasteiger partial charge in [0.1, 0.15) is 11.5 Å². The van der Waals surface area contributed by atoms with E-state index < -0.39 is 11.9 Å². The second-order valence-corrected chi connectivity index (χ2v) is 5.25. The maximum Gasteiger partial charge on any atom is 0.433 e. The van der Waals surface area contributed by atoms with Crippen molar-refractivity contribution < 1.29 is 13.2 Å². The molecule has 0 radical (unpaired) electrons. The molecular weight excluding hydrogens is 309 g/mol. The van der Waals surface area contributed by atoms with Crippen LogP contribution in [0.25, 0.3) is 0 Å². The normalized spacial score (nSPS) is 20.4. The van der Waals surface area contributed by atoms with Crippen LogP contribution >= 0.6 is 15.9 Å².